The quantitative estimate of drug-likeness (QED) is 0.527. The van der Waals surface area contributed by atoms with Gasteiger partial charge in [0, 0.05) is 5.92 Å². The average molecular weight is 339 g/mol. The van der Waals surface area contributed by atoms with Crippen molar-refractivity contribution in [3.63, 3.8) is 0 Å². The lowest BCUT2D eigenvalue weighted by Gasteiger charge is -2.29. The maximum absolute atomic E-state index is 6.19. The zero-order valence-electron chi connectivity index (χ0n) is 15.8. The molecule has 0 radical (unpaired) electrons. The molecule has 0 bridgehead atoms. The third-order valence-corrected chi connectivity index (χ3v) is 6.01. The van der Waals surface area contributed by atoms with Crippen LogP contribution in [0.3, 0.4) is 0 Å². The molecule has 1 aromatic rings. The molecule has 0 aromatic heterocycles. The molecule has 1 nitrogen and oxygen atoms in total. The fourth-order valence-corrected chi connectivity index (χ4v) is 4.26. The van der Waals surface area contributed by atoms with Gasteiger partial charge < -0.3 is 4.74 Å². The largest absolute Gasteiger partial charge is 0.373 e. The normalized spacial score (nSPS) is 30.4. The lowest BCUT2D eigenvalue weighted by molar-refractivity contribution is -0.00536. The first kappa shape index (κ1) is 18.5. The Labute approximate surface area is 154 Å². The molecule has 3 rings (SSSR count). The summed E-state index contributed by atoms with van der Waals surface area (Å²) in [7, 11) is 0. The van der Waals surface area contributed by atoms with Gasteiger partial charge in [-0.2, -0.15) is 0 Å². The van der Waals surface area contributed by atoms with Crippen LogP contribution in [0.15, 0.2) is 49.1 Å². The first-order valence-electron chi connectivity index (χ1n) is 10.3. The average Bonchev–Trinajstić information content (AvgIpc) is 2.68. The number of hydrogen-bond acceptors (Lipinski definition) is 1. The van der Waals surface area contributed by atoms with Crippen molar-refractivity contribution in [1.82, 2.24) is 0 Å². The van der Waals surface area contributed by atoms with Crippen LogP contribution < -0.4 is 0 Å². The second-order valence-corrected chi connectivity index (χ2v) is 7.95. The standard InChI is InChI=1S/C24H34O/c1-3-5-20-12-15-23(16-13-20)24-17-14-22(18-25-24)11-10-21-8-6-19(4-2)7-9-21/h4,10-13,15-16,19,21-22,24H,2-3,5-9,14,17-18H2,1H3. The molecule has 1 saturated carbocycles. The summed E-state index contributed by atoms with van der Waals surface area (Å²) in [5.74, 6) is 2.14. The van der Waals surface area contributed by atoms with E-state index < -0.39 is 0 Å². The number of rotatable bonds is 6. The van der Waals surface area contributed by atoms with Crippen molar-refractivity contribution in [2.75, 3.05) is 6.61 Å². The summed E-state index contributed by atoms with van der Waals surface area (Å²) in [6.07, 6.45) is 17.4. The number of aryl methyl sites for hydroxylation is 1. The van der Waals surface area contributed by atoms with Crippen LogP contribution in [0.25, 0.3) is 0 Å². The first-order chi connectivity index (χ1) is 12.3. The Morgan fingerprint density at radius 3 is 2.16 bits per heavy atom. The molecule has 2 fully saturated rings. The summed E-state index contributed by atoms with van der Waals surface area (Å²) >= 11 is 0. The highest BCUT2D eigenvalue weighted by molar-refractivity contribution is 5.24. The lowest BCUT2D eigenvalue weighted by Crippen LogP contribution is -2.19. The predicted molar refractivity (Wildman–Crippen MR) is 107 cm³/mol. The van der Waals surface area contributed by atoms with Crippen LogP contribution in [0.4, 0.5) is 0 Å². The number of allylic oxidation sites excluding steroid dienone is 2. The van der Waals surface area contributed by atoms with Crippen molar-refractivity contribution >= 4 is 0 Å². The predicted octanol–water partition coefficient (Wildman–Crippen LogP) is 6.66. The summed E-state index contributed by atoms with van der Waals surface area (Å²) in [5, 5.41) is 0. The fraction of sp³-hybridized carbons (Fsp3) is 0.583. The van der Waals surface area contributed by atoms with E-state index in [4.69, 9.17) is 4.74 Å². The monoisotopic (exact) mass is 338 g/mol. The minimum Gasteiger partial charge on any atom is -0.373 e. The van der Waals surface area contributed by atoms with Crippen molar-refractivity contribution in [2.45, 2.75) is 64.4 Å². The van der Waals surface area contributed by atoms with Gasteiger partial charge in [-0.1, -0.05) is 55.8 Å². The third kappa shape index (κ3) is 5.31. The van der Waals surface area contributed by atoms with Crippen LogP contribution in [-0.2, 0) is 11.2 Å². The summed E-state index contributed by atoms with van der Waals surface area (Å²) < 4.78 is 6.19. The molecule has 0 spiro atoms. The maximum Gasteiger partial charge on any atom is 0.0825 e. The molecule has 25 heavy (non-hydrogen) atoms. The van der Waals surface area contributed by atoms with Gasteiger partial charge in [-0.25, -0.2) is 0 Å². The molecule has 0 amide bonds. The Morgan fingerprint density at radius 2 is 1.56 bits per heavy atom. The lowest BCUT2D eigenvalue weighted by atomic mass is 9.81. The van der Waals surface area contributed by atoms with Crippen molar-refractivity contribution in [1.29, 1.82) is 0 Å². The smallest absolute Gasteiger partial charge is 0.0825 e. The van der Waals surface area contributed by atoms with Crippen molar-refractivity contribution in [3.05, 3.63) is 60.2 Å². The number of hydrogen-bond donors (Lipinski definition) is 0. The van der Waals surface area contributed by atoms with Crippen LogP contribution in [0.5, 0.6) is 0 Å². The molecule has 1 aliphatic carbocycles. The van der Waals surface area contributed by atoms with Gasteiger partial charge in [-0.05, 0) is 67.9 Å². The first-order valence-corrected chi connectivity index (χ1v) is 10.3. The van der Waals surface area contributed by atoms with E-state index in [1.807, 2.05) is 0 Å². The molecular weight excluding hydrogens is 304 g/mol. The second kappa shape index (κ2) is 9.38. The van der Waals surface area contributed by atoms with Crippen molar-refractivity contribution in [3.8, 4) is 0 Å². The van der Waals surface area contributed by atoms with Crippen LogP contribution >= 0.6 is 0 Å². The van der Waals surface area contributed by atoms with Crippen LogP contribution in [0.2, 0.25) is 0 Å². The van der Waals surface area contributed by atoms with E-state index in [1.54, 1.807) is 0 Å². The Bertz CT molecular complexity index is 540. The van der Waals surface area contributed by atoms with E-state index >= 15 is 0 Å². The van der Waals surface area contributed by atoms with Gasteiger partial charge in [0.15, 0.2) is 0 Å². The highest BCUT2D eigenvalue weighted by Gasteiger charge is 2.22. The van der Waals surface area contributed by atoms with Gasteiger partial charge in [0.25, 0.3) is 0 Å². The van der Waals surface area contributed by atoms with E-state index in [2.05, 4.69) is 56.0 Å². The van der Waals surface area contributed by atoms with E-state index in [0.29, 0.717) is 12.0 Å². The second-order valence-electron chi connectivity index (χ2n) is 7.95. The van der Waals surface area contributed by atoms with E-state index in [-0.39, 0.29) is 0 Å². The van der Waals surface area contributed by atoms with Gasteiger partial charge in [0.2, 0.25) is 0 Å². The van der Waals surface area contributed by atoms with Crippen LogP contribution in [-0.4, -0.2) is 6.61 Å². The molecule has 1 heteroatoms. The molecule has 2 aliphatic rings. The van der Waals surface area contributed by atoms with E-state index in [9.17, 15) is 0 Å². The minimum atomic E-state index is 0.295. The Balaban J connectivity index is 1.44. The summed E-state index contributed by atoms with van der Waals surface area (Å²) in [4.78, 5) is 0. The van der Waals surface area contributed by atoms with Crippen molar-refractivity contribution in [2.24, 2.45) is 17.8 Å². The zero-order chi connectivity index (χ0) is 17.5. The highest BCUT2D eigenvalue weighted by atomic mass is 16.5. The minimum absolute atomic E-state index is 0.295. The van der Waals surface area contributed by atoms with E-state index in [0.717, 1.165) is 24.9 Å². The molecule has 0 N–H and O–H groups in total. The molecule has 1 saturated heterocycles. The molecular formula is C24H34O. The third-order valence-electron chi connectivity index (χ3n) is 6.01. The van der Waals surface area contributed by atoms with Gasteiger partial charge in [0.1, 0.15) is 0 Å². The van der Waals surface area contributed by atoms with Crippen molar-refractivity contribution < 1.29 is 4.74 Å². The summed E-state index contributed by atoms with van der Waals surface area (Å²) in [6, 6.07) is 9.08. The Hall–Kier alpha value is -1.34. The molecule has 1 heterocycles. The number of ether oxygens (including phenoxy) is 1. The van der Waals surface area contributed by atoms with Crippen LogP contribution in [0.1, 0.15) is 69.1 Å². The van der Waals surface area contributed by atoms with Gasteiger partial charge in [-0.3, -0.25) is 0 Å². The highest BCUT2D eigenvalue weighted by Crippen LogP contribution is 2.33. The van der Waals surface area contributed by atoms with Gasteiger partial charge in [-0.15, -0.1) is 6.58 Å². The topological polar surface area (TPSA) is 9.23 Å². The summed E-state index contributed by atoms with van der Waals surface area (Å²) in [6.45, 7) is 7.05. The van der Waals surface area contributed by atoms with Gasteiger partial charge >= 0.3 is 0 Å². The molecule has 136 valence electrons. The number of benzene rings is 1. The SMILES string of the molecule is C=CC1CCC(C=CC2CCC(c3ccc(CCC)cc3)OC2)CC1. The zero-order valence-corrected chi connectivity index (χ0v) is 15.8. The Morgan fingerprint density at radius 1 is 0.920 bits per heavy atom. The molecule has 1 aromatic carbocycles. The molecule has 2 unspecified atom stereocenters. The van der Waals surface area contributed by atoms with E-state index in [1.165, 1.54) is 56.1 Å². The molecule has 2 atom stereocenters. The van der Waals surface area contributed by atoms with Crippen LogP contribution in [0, 0.1) is 17.8 Å². The summed E-state index contributed by atoms with van der Waals surface area (Å²) in [5.41, 5.74) is 2.79. The van der Waals surface area contributed by atoms with Gasteiger partial charge in [0.05, 0.1) is 12.7 Å². The Kier molecular flexibility index (Phi) is 6.93. The maximum atomic E-state index is 6.19. The fourth-order valence-electron chi connectivity index (χ4n) is 4.26. The molecule has 1 aliphatic heterocycles.